The quantitative estimate of drug-likeness (QED) is 0.329. The first-order valence-corrected chi connectivity index (χ1v) is 10.4. The Balaban J connectivity index is 1.41. The number of rotatable bonds is 2. The number of amides is 2. The molecule has 1 aliphatic heterocycles. The van der Waals surface area contributed by atoms with Gasteiger partial charge in [-0.25, -0.2) is 4.79 Å². The summed E-state index contributed by atoms with van der Waals surface area (Å²) in [5.74, 6) is 0. The molecule has 152 valence electrons. The highest BCUT2D eigenvalue weighted by Gasteiger charge is 2.36. The molecule has 3 aromatic carbocycles. The number of carbonyl (C=O) groups is 1. The van der Waals surface area contributed by atoms with Crippen molar-refractivity contribution in [2.24, 2.45) is 0 Å². The standard InChI is InChI=1S/C25H18ClN3O2/c26-16-9-10-21-19(11-16)22(12-27-21)28-25(30)29-13-15-5-1-2-6-17(15)24(29)20-14-31-23-8-4-3-7-18(20)23/h1-12,14,24,27H,13H2,(H,28,30). The van der Waals surface area contributed by atoms with Crippen molar-refractivity contribution >= 4 is 45.2 Å². The largest absolute Gasteiger partial charge is 0.464 e. The average Bonchev–Trinajstić information content (AvgIpc) is 3.48. The molecule has 31 heavy (non-hydrogen) atoms. The van der Waals surface area contributed by atoms with Gasteiger partial charge in [0.15, 0.2) is 0 Å². The molecule has 6 rings (SSSR count). The molecule has 0 aliphatic carbocycles. The van der Waals surface area contributed by atoms with Gasteiger partial charge in [0.2, 0.25) is 0 Å². The van der Waals surface area contributed by atoms with Crippen LogP contribution in [-0.4, -0.2) is 15.9 Å². The van der Waals surface area contributed by atoms with E-state index in [0.717, 1.165) is 38.6 Å². The van der Waals surface area contributed by atoms with Crippen LogP contribution in [0.1, 0.15) is 22.7 Å². The maximum Gasteiger partial charge on any atom is 0.323 e. The maximum atomic E-state index is 13.5. The molecule has 0 saturated carbocycles. The number of benzene rings is 3. The lowest BCUT2D eigenvalue weighted by Crippen LogP contribution is -2.34. The van der Waals surface area contributed by atoms with E-state index in [1.165, 1.54) is 0 Å². The summed E-state index contributed by atoms with van der Waals surface area (Å²) in [5, 5.41) is 5.59. The Morgan fingerprint density at radius 1 is 1.03 bits per heavy atom. The van der Waals surface area contributed by atoms with E-state index in [-0.39, 0.29) is 12.1 Å². The molecule has 2 amide bonds. The molecule has 2 aromatic heterocycles. The number of para-hydroxylation sites is 1. The minimum Gasteiger partial charge on any atom is -0.464 e. The van der Waals surface area contributed by atoms with E-state index in [9.17, 15) is 4.79 Å². The number of hydrogen-bond acceptors (Lipinski definition) is 2. The first kappa shape index (κ1) is 18.1. The van der Waals surface area contributed by atoms with Crippen LogP contribution in [0.4, 0.5) is 10.5 Å². The molecule has 5 aromatic rings. The second kappa shape index (κ2) is 6.93. The molecular weight excluding hydrogens is 410 g/mol. The van der Waals surface area contributed by atoms with Crippen molar-refractivity contribution in [2.45, 2.75) is 12.6 Å². The summed E-state index contributed by atoms with van der Waals surface area (Å²) < 4.78 is 5.80. The van der Waals surface area contributed by atoms with Crippen LogP contribution in [0.3, 0.4) is 0 Å². The van der Waals surface area contributed by atoms with E-state index in [1.807, 2.05) is 59.5 Å². The zero-order chi connectivity index (χ0) is 20.9. The smallest absolute Gasteiger partial charge is 0.323 e. The number of carbonyl (C=O) groups excluding carboxylic acids is 1. The van der Waals surface area contributed by atoms with Crippen LogP contribution in [0.25, 0.3) is 21.9 Å². The summed E-state index contributed by atoms with van der Waals surface area (Å²) >= 11 is 6.17. The third-order valence-electron chi connectivity index (χ3n) is 5.95. The Bertz CT molecular complexity index is 1450. The fourth-order valence-corrected chi connectivity index (χ4v) is 4.68. The molecule has 0 radical (unpaired) electrons. The highest BCUT2D eigenvalue weighted by Crippen LogP contribution is 2.42. The Hall–Kier alpha value is -3.70. The molecule has 0 bridgehead atoms. The van der Waals surface area contributed by atoms with Gasteiger partial charge in [-0.2, -0.15) is 0 Å². The van der Waals surface area contributed by atoms with Gasteiger partial charge in [0.05, 0.1) is 18.0 Å². The number of aromatic nitrogens is 1. The number of nitrogens with one attached hydrogen (secondary N) is 2. The highest BCUT2D eigenvalue weighted by molar-refractivity contribution is 6.31. The number of furan rings is 1. The van der Waals surface area contributed by atoms with E-state index in [1.54, 1.807) is 12.5 Å². The van der Waals surface area contributed by atoms with Gasteiger partial charge in [-0.3, -0.25) is 0 Å². The zero-order valence-corrected chi connectivity index (χ0v) is 17.2. The zero-order valence-electron chi connectivity index (χ0n) is 16.4. The normalized spacial score (nSPS) is 15.5. The fourth-order valence-electron chi connectivity index (χ4n) is 4.51. The Morgan fingerprint density at radius 3 is 2.81 bits per heavy atom. The number of nitrogens with zero attached hydrogens (tertiary/aromatic N) is 1. The number of fused-ring (bicyclic) bond motifs is 3. The minimum atomic E-state index is -0.228. The summed E-state index contributed by atoms with van der Waals surface area (Å²) in [6, 6.07) is 21.3. The minimum absolute atomic E-state index is 0.174. The van der Waals surface area contributed by atoms with Gasteiger partial charge in [-0.15, -0.1) is 0 Å². The lowest BCUT2D eigenvalue weighted by Gasteiger charge is -2.25. The summed E-state index contributed by atoms with van der Waals surface area (Å²) in [6.45, 7) is 0.523. The molecule has 3 heterocycles. The van der Waals surface area contributed by atoms with Gasteiger partial charge in [0, 0.05) is 39.6 Å². The Labute approximate surface area is 183 Å². The maximum absolute atomic E-state index is 13.5. The number of aromatic amines is 1. The molecule has 1 unspecified atom stereocenters. The number of hydrogen-bond donors (Lipinski definition) is 2. The average molecular weight is 428 g/mol. The molecule has 1 atom stereocenters. The van der Waals surface area contributed by atoms with Gasteiger partial charge in [0.1, 0.15) is 5.58 Å². The summed E-state index contributed by atoms with van der Waals surface area (Å²) in [7, 11) is 0. The lowest BCUT2D eigenvalue weighted by molar-refractivity contribution is 0.203. The van der Waals surface area contributed by atoms with Gasteiger partial charge in [-0.1, -0.05) is 54.1 Å². The Kier molecular flexibility index (Phi) is 4.04. The number of anilines is 1. The van der Waals surface area contributed by atoms with Gasteiger partial charge < -0.3 is 19.6 Å². The monoisotopic (exact) mass is 427 g/mol. The molecule has 6 heteroatoms. The van der Waals surface area contributed by atoms with E-state index in [2.05, 4.69) is 22.4 Å². The van der Waals surface area contributed by atoms with Crippen molar-refractivity contribution in [3.63, 3.8) is 0 Å². The van der Waals surface area contributed by atoms with Crippen molar-refractivity contribution < 1.29 is 9.21 Å². The molecule has 5 nitrogen and oxygen atoms in total. The predicted octanol–water partition coefficient (Wildman–Crippen LogP) is 6.70. The second-order valence-corrected chi connectivity index (χ2v) is 8.18. The Morgan fingerprint density at radius 2 is 1.87 bits per heavy atom. The first-order chi connectivity index (χ1) is 15.2. The topological polar surface area (TPSA) is 61.3 Å². The van der Waals surface area contributed by atoms with Crippen LogP contribution in [0.5, 0.6) is 0 Å². The van der Waals surface area contributed by atoms with Gasteiger partial charge in [0.25, 0.3) is 0 Å². The van der Waals surface area contributed by atoms with Crippen molar-refractivity contribution in [2.75, 3.05) is 5.32 Å². The highest BCUT2D eigenvalue weighted by atomic mass is 35.5. The van der Waals surface area contributed by atoms with E-state index < -0.39 is 0 Å². The van der Waals surface area contributed by atoms with Crippen LogP contribution in [0, 0.1) is 0 Å². The second-order valence-electron chi connectivity index (χ2n) is 7.74. The molecular formula is C25H18ClN3O2. The van der Waals surface area contributed by atoms with Crippen LogP contribution in [0.2, 0.25) is 5.02 Å². The summed E-state index contributed by atoms with van der Waals surface area (Å²) in [5.41, 5.74) is 5.67. The van der Waals surface area contributed by atoms with Crippen molar-refractivity contribution in [1.82, 2.24) is 9.88 Å². The molecule has 0 spiro atoms. The third-order valence-corrected chi connectivity index (χ3v) is 6.19. The number of H-pyrrole nitrogens is 1. The summed E-state index contributed by atoms with van der Waals surface area (Å²) in [4.78, 5) is 18.5. The van der Waals surface area contributed by atoms with E-state index in [0.29, 0.717) is 17.3 Å². The van der Waals surface area contributed by atoms with E-state index in [4.69, 9.17) is 16.0 Å². The van der Waals surface area contributed by atoms with Crippen molar-refractivity contribution in [3.8, 4) is 0 Å². The van der Waals surface area contributed by atoms with Crippen LogP contribution in [-0.2, 0) is 6.54 Å². The lowest BCUT2D eigenvalue weighted by atomic mass is 9.97. The van der Waals surface area contributed by atoms with Crippen molar-refractivity contribution in [1.29, 1.82) is 0 Å². The van der Waals surface area contributed by atoms with E-state index >= 15 is 0 Å². The predicted molar refractivity (Wildman–Crippen MR) is 122 cm³/mol. The SMILES string of the molecule is O=C(Nc1c[nH]c2ccc(Cl)cc12)N1Cc2ccccc2C1c1coc2ccccc12. The molecule has 2 N–H and O–H groups in total. The van der Waals surface area contributed by atoms with Crippen molar-refractivity contribution in [3.05, 3.63) is 101 Å². The number of halogens is 1. The van der Waals surface area contributed by atoms with Gasteiger partial charge in [-0.05, 0) is 35.4 Å². The van der Waals surface area contributed by atoms with Crippen LogP contribution in [0.15, 0.2) is 83.6 Å². The van der Waals surface area contributed by atoms with Crippen LogP contribution < -0.4 is 5.32 Å². The summed E-state index contributed by atoms with van der Waals surface area (Å²) in [6.07, 6.45) is 3.56. The molecule has 0 saturated heterocycles. The fraction of sp³-hybridized carbons (Fsp3) is 0.0800. The van der Waals surface area contributed by atoms with Gasteiger partial charge >= 0.3 is 6.03 Å². The molecule has 1 aliphatic rings. The number of urea groups is 1. The molecule has 0 fully saturated rings. The first-order valence-electron chi connectivity index (χ1n) is 10.1. The van der Waals surface area contributed by atoms with Crippen LogP contribution >= 0.6 is 11.6 Å². The third kappa shape index (κ3) is 2.89.